The molecular weight excluding hydrogens is 469 g/mol. The second-order valence-corrected chi connectivity index (χ2v) is 9.35. The van der Waals surface area contributed by atoms with E-state index in [0.717, 1.165) is 28.6 Å². The molecule has 0 aliphatic carbocycles. The molecule has 5 rings (SSSR count). The lowest BCUT2D eigenvalue weighted by Gasteiger charge is -2.10. The van der Waals surface area contributed by atoms with Crippen LogP contribution < -0.4 is 15.8 Å². The topological polar surface area (TPSA) is 139 Å². The van der Waals surface area contributed by atoms with E-state index in [1.54, 1.807) is 0 Å². The summed E-state index contributed by atoms with van der Waals surface area (Å²) in [5, 5.41) is 11.0. The van der Waals surface area contributed by atoms with Crippen molar-refractivity contribution in [1.82, 2.24) is 19.9 Å². The molecule has 2 heterocycles. The first-order chi connectivity index (χ1) is 16.8. The van der Waals surface area contributed by atoms with Gasteiger partial charge in [-0.3, -0.25) is 0 Å². The third-order valence-corrected chi connectivity index (χ3v) is 6.14. The molecule has 11 heteroatoms. The van der Waals surface area contributed by atoms with Crippen molar-refractivity contribution in [2.24, 2.45) is 5.14 Å². The van der Waals surface area contributed by atoms with Crippen molar-refractivity contribution in [1.29, 1.82) is 0 Å². The van der Waals surface area contributed by atoms with Crippen molar-refractivity contribution >= 4 is 44.2 Å². The van der Waals surface area contributed by atoms with Gasteiger partial charge in [0.05, 0.1) is 22.1 Å². The highest BCUT2D eigenvalue weighted by Gasteiger charge is 2.10. The number of nitrogens with one attached hydrogen (secondary N) is 3. The van der Waals surface area contributed by atoms with Crippen LogP contribution in [0.2, 0.25) is 0 Å². The predicted molar refractivity (Wildman–Crippen MR) is 132 cm³/mol. The van der Waals surface area contributed by atoms with Crippen LogP contribution in [0.25, 0.3) is 11.0 Å². The summed E-state index contributed by atoms with van der Waals surface area (Å²) in [6, 6.07) is 21.1. The molecule has 0 saturated carbocycles. The van der Waals surface area contributed by atoms with Gasteiger partial charge in [-0.1, -0.05) is 24.3 Å². The number of rotatable bonds is 7. The Hall–Kier alpha value is -4.35. The fourth-order valence-electron chi connectivity index (χ4n) is 3.50. The van der Waals surface area contributed by atoms with Crippen LogP contribution in [0.15, 0.2) is 83.9 Å². The lowest BCUT2D eigenvalue weighted by molar-refractivity contribution is 0.598. The number of imidazole rings is 1. The molecule has 3 aromatic carbocycles. The standard InChI is InChI=1S/C24H20FN7O2S/c25-19-14-27-24(29-17-9-11-18(12-10-17)35(26,33)34)32-23(19)28-16-7-5-15(6-8-16)13-22-30-20-3-1-2-4-21(20)31-22/h1-12,14H,13H2,(H,30,31)(H2,26,33,34)(H2,27,28,29,32). The molecule has 5 N–H and O–H groups in total. The number of sulfonamides is 1. The molecule has 0 radical (unpaired) electrons. The first-order valence-electron chi connectivity index (χ1n) is 10.6. The Bertz CT molecular complexity index is 1570. The maximum absolute atomic E-state index is 14.3. The highest BCUT2D eigenvalue weighted by Crippen LogP contribution is 2.22. The maximum atomic E-state index is 14.3. The molecule has 176 valence electrons. The summed E-state index contributed by atoms with van der Waals surface area (Å²) < 4.78 is 37.1. The van der Waals surface area contributed by atoms with E-state index in [4.69, 9.17) is 5.14 Å². The number of benzene rings is 3. The number of hydrogen-bond donors (Lipinski definition) is 4. The number of aromatic amines is 1. The van der Waals surface area contributed by atoms with Crippen molar-refractivity contribution in [3.8, 4) is 0 Å². The smallest absolute Gasteiger partial charge is 0.238 e. The number of aromatic nitrogens is 4. The SMILES string of the molecule is NS(=O)(=O)c1ccc(Nc2ncc(F)c(Nc3ccc(Cc4nc5ccccc5[nH]4)cc3)n2)cc1. The summed E-state index contributed by atoms with van der Waals surface area (Å²) in [4.78, 5) is 16.0. The zero-order chi connectivity index (χ0) is 24.4. The van der Waals surface area contributed by atoms with Gasteiger partial charge < -0.3 is 15.6 Å². The van der Waals surface area contributed by atoms with Crippen LogP contribution in [0.3, 0.4) is 0 Å². The second-order valence-electron chi connectivity index (χ2n) is 7.78. The quantitative estimate of drug-likeness (QED) is 0.268. The molecule has 0 aliphatic heterocycles. The van der Waals surface area contributed by atoms with Gasteiger partial charge in [0.25, 0.3) is 0 Å². The fraction of sp³-hybridized carbons (Fsp3) is 0.0417. The first-order valence-corrected chi connectivity index (χ1v) is 12.1. The van der Waals surface area contributed by atoms with Crippen LogP contribution in [-0.4, -0.2) is 28.4 Å². The van der Waals surface area contributed by atoms with Crippen LogP contribution in [0.4, 0.5) is 27.5 Å². The molecule has 0 saturated heterocycles. The Kier molecular flexibility index (Phi) is 5.85. The van der Waals surface area contributed by atoms with Crippen molar-refractivity contribution < 1.29 is 12.8 Å². The van der Waals surface area contributed by atoms with Crippen molar-refractivity contribution in [3.63, 3.8) is 0 Å². The Labute approximate surface area is 200 Å². The molecule has 9 nitrogen and oxygen atoms in total. The van der Waals surface area contributed by atoms with Gasteiger partial charge in [0.15, 0.2) is 11.6 Å². The minimum Gasteiger partial charge on any atom is -0.342 e. The molecule has 0 aliphatic rings. The summed E-state index contributed by atoms with van der Waals surface area (Å²) >= 11 is 0. The minimum atomic E-state index is -3.79. The van der Waals surface area contributed by atoms with Gasteiger partial charge in [0.2, 0.25) is 16.0 Å². The molecule has 35 heavy (non-hydrogen) atoms. The molecule has 0 atom stereocenters. The highest BCUT2D eigenvalue weighted by molar-refractivity contribution is 7.89. The van der Waals surface area contributed by atoms with E-state index in [2.05, 4.69) is 30.6 Å². The lowest BCUT2D eigenvalue weighted by Crippen LogP contribution is -2.11. The molecule has 2 aromatic heterocycles. The van der Waals surface area contributed by atoms with Crippen LogP contribution in [-0.2, 0) is 16.4 Å². The van der Waals surface area contributed by atoms with E-state index in [-0.39, 0.29) is 16.7 Å². The van der Waals surface area contributed by atoms with Gasteiger partial charge in [-0.25, -0.2) is 27.9 Å². The van der Waals surface area contributed by atoms with Gasteiger partial charge in [0.1, 0.15) is 5.82 Å². The van der Waals surface area contributed by atoms with E-state index in [0.29, 0.717) is 17.8 Å². The zero-order valence-electron chi connectivity index (χ0n) is 18.2. The van der Waals surface area contributed by atoms with Crippen LogP contribution in [0, 0.1) is 5.82 Å². The Morgan fingerprint density at radius 2 is 1.57 bits per heavy atom. The Morgan fingerprint density at radius 3 is 2.29 bits per heavy atom. The van der Waals surface area contributed by atoms with E-state index < -0.39 is 15.8 Å². The zero-order valence-corrected chi connectivity index (χ0v) is 19.1. The average molecular weight is 490 g/mol. The minimum absolute atomic E-state index is 0.00584. The summed E-state index contributed by atoms with van der Waals surface area (Å²) in [6.45, 7) is 0. The van der Waals surface area contributed by atoms with Gasteiger partial charge in [0, 0.05) is 17.8 Å². The number of para-hydroxylation sites is 2. The molecule has 0 bridgehead atoms. The monoisotopic (exact) mass is 489 g/mol. The third-order valence-electron chi connectivity index (χ3n) is 5.21. The van der Waals surface area contributed by atoms with Gasteiger partial charge in [-0.2, -0.15) is 4.98 Å². The third kappa shape index (κ3) is 5.26. The van der Waals surface area contributed by atoms with Gasteiger partial charge in [-0.15, -0.1) is 0 Å². The number of H-pyrrole nitrogens is 1. The van der Waals surface area contributed by atoms with Crippen molar-refractivity contribution in [2.45, 2.75) is 11.3 Å². The van der Waals surface area contributed by atoms with Crippen LogP contribution in [0.5, 0.6) is 0 Å². The molecule has 0 spiro atoms. The number of nitrogens with zero attached hydrogens (tertiary/aromatic N) is 3. The van der Waals surface area contributed by atoms with Crippen LogP contribution >= 0.6 is 0 Å². The van der Waals surface area contributed by atoms with E-state index in [9.17, 15) is 12.8 Å². The van der Waals surface area contributed by atoms with Gasteiger partial charge >= 0.3 is 0 Å². The molecule has 5 aromatic rings. The number of halogens is 1. The molecular formula is C24H20FN7O2S. The largest absolute Gasteiger partial charge is 0.342 e. The van der Waals surface area contributed by atoms with Gasteiger partial charge in [-0.05, 0) is 54.1 Å². The highest BCUT2D eigenvalue weighted by atomic mass is 32.2. The summed E-state index contributed by atoms with van der Waals surface area (Å²) in [5.74, 6) is 0.375. The first kappa shape index (κ1) is 22.4. The fourth-order valence-corrected chi connectivity index (χ4v) is 4.01. The summed E-state index contributed by atoms with van der Waals surface area (Å²) in [7, 11) is -3.79. The molecule has 0 unspecified atom stereocenters. The second kappa shape index (κ2) is 9.12. The Morgan fingerprint density at radius 1 is 0.886 bits per heavy atom. The average Bonchev–Trinajstić information content (AvgIpc) is 3.24. The number of nitrogens with two attached hydrogens (primary N) is 1. The van der Waals surface area contributed by atoms with E-state index >= 15 is 0 Å². The molecule has 0 fully saturated rings. The Balaban J connectivity index is 1.27. The van der Waals surface area contributed by atoms with Crippen molar-refractivity contribution in [3.05, 3.63) is 96.2 Å². The maximum Gasteiger partial charge on any atom is 0.238 e. The van der Waals surface area contributed by atoms with E-state index in [1.165, 1.54) is 24.3 Å². The van der Waals surface area contributed by atoms with Crippen molar-refractivity contribution in [2.75, 3.05) is 10.6 Å². The number of primary sulfonamides is 1. The number of hydrogen-bond acceptors (Lipinski definition) is 7. The van der Waals surface area contributed by atoms with E-state index in [1.807, 2.05) is 48.5 Å². The summed E-state index contributed by atoms with van der Waals surface area (Å²) in [5.41, 5.74) is 4.13. The van der Waals surface area contributed by atoms with Crippen LogP contribution in [0.1, 0.15) is 11.4 Å². The number of anilines is 4. The summed E-state index contributed by atoms with van der Waals surface area (Å²) in [6.07, 6.45) is 1.68. The number of fused-ring (bicyclic) bond motifs is 1. The normalized spacial score (nSPS) is 11.5. The predicted octanol–water partition coefficient (Wildman–Crippen LogP) is 4.22. The lowest BCUT2D eigenvalue weighted by atomic mass is 10.1. The molecule has 0 amide bonds.